The quantitative estimate of drug-likeness (QED) is 0.879. The fourth-order valence-electron chi connectivity index (χ4n) is 2.76. The van der Waals surface area contributed by atoms with Crippen molar-refractivity contribution in [2.24, 2.45) is 0 Å². The van der Waals surface area contributed by atoms with Crippen LogP contribution in [0.4, 0.5) is 13.2 Å². The van der Waals surface area contributed by atoms with Crippen molar-refractivity contribution < 1.29 is 18.3 Å². The summed E-state index contributed by atoms with van der Waals surface area (Å²) in [5.74, 6) is 0. The highest BCUT2D eigenvalue weighted by Crippen LogP contribution is 2.29. The minimum absolute atomic E-state index is 0.0116. The Bertz CT molecular complexity index is 430. The number of rotatable bonds is 5. The number of nitrogens with one attached hydrogen (secondary N) is 1. The molecule has 118 valence electrons. The van der Waals surface area contributed by atoms with Gasteiger partial charge in [-0.1, -0.05) is 19.3 Å². The largest absolute Gasteiger partial charge is 0.404 e. The van der Waals surface area contributed by atoms with Gasteiger partial charge in [-0.05, 0) is 37.0 Å². The van der Waals surface area contributed by atoms with E-state index in [2.05, 4.69) is 10.3 Å². The molecule has 1 aliphatic carbocycles. The molecule has 0 bridgehead atoms. The van der Waals surface area contributed by atoms with E-state index in [9.17, 15) is 18.3 Å². The second-order valence-electron chi connectivity index (χ2n) is 5.82. The normalized spacial score (nSPS) is 20.2. The highest BCUT2D eigenvalue weighted by Gasteiger charge is 2.41. The second-order valence-corrected chi connectivity index (χ2v) is 5.82. The molecule has 0 amide bonds. The predicted octanol–water partition coefficient (Wildman–Crippen LogP) is 2.84. The van der Waals surface area contributed by atoms with Gasteiger partial charge in [-0.25, -0.2) is 0 Å². The fourth-order valence-corrected chi connectivity index (χ4v) is 2.76. The zero-order valence-corrected chi connectivity index (χ0v) is 11.9. The first-order chi connectivity index (χ1) is 9.89. The molecule has 0 aromatic carbocycles. The van der Waals surface area contributed by atoms with Gasteiger partial charge in [-0.15, -0.1) is 0 Å². The summed E-state index contributed by atoms with van der Waals surface area (Å²) in [6.07, 6.45) is 2.41. The molecular formula is C15H21F3N2O. The first kappa shape index (κ1) is 16.2. The maximum Gasteiger partial charge on any atom is 0.404 e. The van der Waals surface area contributed by atoms with E-state index in [1.165, 1.54) is 12.4 Å². The Hall–Kier alpha value is -1.14. The van der Waals surface area contributed by atoms with Gasteiger partial charge in [0.05, 0.1) is 5.60 Å². The van der Waals surface area contributed by atoms with Gasteiger partial charge in [-0.2, -0.15) is 13.2 Å². The number of alkyl halides is 3. The molecule has 2 rings (SSSR count). The van der Waals surface area contributed by atoms with Crippen LogP contribution in [0.15, 0.2) is 24.5 Å². The maximum atomic E-state index is 13.1. The summed E-state index contributed by atoms with van der Waals surface area (Å²) in [4.78, 5) is 3.80. The van der Waals surface area contributed by atoms with Crippen LogP contribution in [0, 0.1) is 0 Å². The van der Waals surface area contributed by atoms with Gasteiger partial charge >= 0.3 is 6.18 Å². The molecule has 1 aromatic rings. The van der Waals surface area contributed by atoms with Gasteiger partial charge < -0.3 is 10.4 Å². The van der Waals surface area contributed by atoms with E-state index >= 15 is 0 Å². The van der Waals surface area contributed by atoms with Crippen molar-refractivity contribution in [1.29, 1.82) is 0 Å². The lowest BCUT2D eigenvalue weighted by molar-refractivity contribution is -0.158. The van der Waals surface area contributed by atoms with Crippen molar-refractivity contribution >= 4 is 0 Å². The third-order valence-corrected chi connectivity index (χ3v) is 4.05. The van der Waals surface area contributed by atoms with Crippen molar-refractivity contribution in [2.45, 2.75) is 56.3 Å². The summed E-state index contributed by atoms with van der Waals surface area (Å²) in [5.41, 5.74) is -0.421. The fraction of sp³-hybridized carbons (Fsp3) is 0.667. The molecule has 6 heteroatoms. The Kier molecular flexibility index (Phi) is 5.22. The number of halogens is 3. The van der Waals surface area contributed by atoms with E-state index in [1.54, 1.807) is 12.1 Å². The second kappa shape index (κ2) is 6.75. The number of hydrogen-bond donors (Lipinski definition) is 2. The molecule has 1 unspecified atom stereocenters. The molecule has 0 saturated heterocycles. The lowest BCUT2D eigenvalue weighted by Crippen LogP contribution is -2.51. The summed E-state index contributed by atoms with van der Waals surface area (Å²) >= 11 is 0. The van der Waals surface area contributed by atoms with Gasteiger partial charge in [0, 0.05) is 18.9 Å². The molecule has 0 spiro atoms. The molecule has 3 nitrogen and oxygen atoms in total. The van der Waals surface area contributed by atoms with E-state index in [0.29, 0.717) is 18.4 Å². The zero-order chi connectivity index (χ0) is 15.3. The van der Waals surface area contributed by atoms with E-state index in [4.69, 9.17) is 0 Å². The Balaban J connectivity index is 1.97. The van der Waals surface area contributed by atoms with Crippen LogP contribution in [0.3, 0.4) is 0 Å². The van der Waals surface area contributed by atoms with Crippen molar-refractivity contribution in [3.8, 4) is 0 Å². The molecule has 1 aromatic heterocycles. The van der Waals surface area contributed by atoms with Crippen LogP contribution in [0.2, 0.25) is 0 Å². The third-order valence-electron chi connectivity index (χ3n) is 4.05. The first-order valence-electron chi connectivity index (χ1n) is 7.30. The van der Waals surface area contributed by atoms with Crippen LogP contribution in [0.1, 0.15) is 37.7 Å². The lowest BCUT2D eigenvalue weighted by atomic mass is 9.84. The van der Waals surface area contributed by atoms with E-state index in [1.807, 2.05) is 0 Å². The first-order valence-corrected chi connectivity index (χ1v) is 7.30. The molecule has 1 atom stereocenters. The van der Waals surface area contributed by atoms with Crippen molar-refractivity contribution in [3.05, 3.63) is 30.1 Å². The maximum absolute atomic E-state index is 13.1. The Morgan fingerprint density at radius 2 is 1.81 bits per heavy atom. The summed E-state index contributed by atoms with van der Waals surface area (Å²) in [5, 5.41) is 12.8. The third kappa shape index (κ3) is 4.97. The highest BCUT2D eigenvalue weighted by atomic mass is 19.4. The monoisotopic (exact) mass is 302 g/mol. The average molecular weight is 302 g/mol. The number of aromatic nitrogens is 1. The van der Waals surface area contributed by atoms with Crippen LogP contribution in [0.5, 0.6) is 0 Å². The van der Waals surface area contributed by atoms with Crippen LogP contribution < -0.4 is 5.32 Å². The number of nitrogens with zero attached hydrogens (tertiary/aromatic N) is 1. The number of pyridine rings is 1. The number of hydrogen-bond acceptors (Lipinski definition) is 3. The Labute approximate surface area is 122 Å². The van der Waals surface area contributed by atoms with Crippen LogP contribution in [-0.2, 0) is 6.42 Å². The zero-order valence-electron chi connectivity index (χ0n) is 11.9. The standard InChI is InChI=1S/C15H21F3N2O/c16-15(17,18)13(10-12-4-8-19-9-5-12)20-11-14(21)6-2-1-3-7-14/h4-5,8-9,13,20-21H,1-3,6-7,10-11H2. The molecule has 1 heterocycles. The van der Waals surface area contributed by atoms with Gasteiger partial charge in [0.25, 0.3) is 0 Å². The molecular weight excluding hydrogens is 281 g/mol. The smallest absolute Gasteiger partial charge is 0.389 e. The van der Waals surface area contributed by atoms with Crippen molar-refractivity contribution in [2.75, 3.05) is 6.54 Å². The SMILES string of the molecule is OC1(CNC(Cc2ccncc2)C(F)(F)F)CCCCC1. The number of aliphatic hydroxyl groups is 1. The summed E-state index contributed by atoms with van der Waals surface area (Å²) < 4.78 is 39.4. The van der Waals surface area contributed by atoms with Crippen LogP contribution in [-0.4, -0.2) is 34.5 Å². The summed E-state index contributed by atoms with van der Waals surface area (Å²) in [7, 11) is 0. The van der Waals surface area contributed by atoms with E-state index in [-0.39, 0.29) is 13.0 Å². The topological polar surface area (TPSA) is 45.1 Å². The Morgan fingerprint density at radius 1 is 1.19 bits per heavy atom. The molecule has 1 fully saturated rings. The van der Waals surface area contributed by atoms with Gasteiger partial charge in [0.15, 0.2) is 0 Å². The summed E-state index contributed by atoms with van der Waals surface area (Å²) in [6.45, 7) is -0.0116. The van der Waals surface area contributed by atoms with Crippen LogP contribution in [0.25, 0.3) is 0 Å². The minimum atomic E-state index is -4.34. The highest BCUT2D eigenvalue weighted by molar-refractivity contribution is 5.12. The lowest BCUT2D eigenvalue weighted by Gasteiger charge is -2.34. The van der Waals surface area contributed by atoms with Crippen LogP contribution >= 0.6 is 0 Å². The molecule has 21 heavy (non-hydrogen) atoms. The average Bonchev–Trinajstić information content (AvgIpc) is 2.44. The van der Waals surface area contributed by atoms with E-state index in [0.717, 1.165) is 19.3 Å². The minimum Gasteiger partial charge on any atom is -0.389 e. The van der Waals surface area contributed by atoms with Gasteiger partial charge in [0.1, 0.15) is 6.04 Å². The van der Waals surface area contributed by atoms with Crippen molar-refractivity contribution in [1.82, 2.24) is 10.3 Å². The molecule has 2 N–H and O–H groups in total. The molecule has 1 aliphatic rings. The molecule has 0 aliphatic heterocycles. The molecule has 1 saturated carbocycles. The van der Waals surface area contributed by atoms with E-state index < -0.39 is 17.8 Å². The van der Waals surface area contributed by atoms with Gasteiger partial charge in [-0.3, -0.25) is 4.98 Å². The van der Waals surface area contributed by atoms with Crippen molar-refractivity contribution in [3.63, 3.8) is 0 Å². The predicted molar refractivity (Wildman–Crippen MR) is 73.8 cm³/mol. The van der Waals surface area contributed by atoms with Gasteiger partial charge in [0.2, 0.25) is 0 Å². The molecule has 0 radical (unpaired) electrons. The Morgan fingerprint density at radius 3 is 2.38 bits per heavy atom. The summed E-state index contributed by atoms with van der Waals surface area (Å²) in [6, 6.07) is 1.51.